The molecule has 0 unspecified atom stereocenters. The second-order valence-corrected chi connectivity index (χ2v) is 11.9. The van der Waals surface area contributed by atoms with Crippen LogP contribution in [0.1, 0.15) is 54.8 Å². The first-order valence-corrected chi connectivity index (χ1v) is 11.2. The number of hydrogen-bond acceptors (Lipinski definition) is 1. The number of rotatable bonds is 8. The summed E-state index contributed by atoms with van der Waals surface area (Å²) in [6, 6.07) is 21.8. The summed E-state index contributed by atoms with van der Waals surface area (Å²) in [5.74, 6) is 0. The first-order valence-electron chi connectivity index (χ1n) is 9.27. The van der Waals surface area contributed by atoms with Gasteiger partial charge in [-0.15, -0.1) is 0 Å². The van der Waals surface area contributed by atoms with Gasteiger partial charge in [-0.2, -0.15) is 0 Å². The summed E-state index contributed by atoms with van der Waals surface area (Å²) in [5.41, 5.74) is 0. The Morgan fingerprint density at radius 3 is 1.68 bits per heavy atom. The second-order valence-electron chi connectivity index (χ2n) is 7.57. The summed E-state index contributed by atoms with van der Waals surface area (Å²) in [4.78, 5) is 0. The number of benzene rings is 2. The molecule has 0 aliphatic carbocycles. The Bertz CT molecular complexity index is 559. The van der Waals surface area contributed by atoms with Crippen LogP contribution in [-0.2, 0) is 4.43 Å². The Labute approximate surface area is 169 Å². The Balaban J connectivity index is 0.00000312. The van der Waals surface area contributed by atoms with Crippen LogP contribution in [-0.4, -0.2) is 14.9 Å². The minimum absolute atomic E-state index is 0. The molecule has 0 fully saturated rings. The summed E-state index contributed by atoms with van der Waals surface area (Å²) in [6.07, 6.45) is 4.97. The molecule has 0 spiro atoms. The predicted molar refractivity (Wildman–Crippen MR) is 109 cm³/mol. The SMILES string of the molecule is CCCCCCO[Si](c1ccccc1)(c1ccccc1)C(C)(C)C.[H-].[Li+]. The van der Waals surface area contributed by atoms with E-state index in [-0.39, 0.29) is 25.3 Å². The van der Waals surface area contributed by atoms with Crippen LogP contribution in [0.2, 0.25) is 5.04 Å². The molecule has 0 aliphatic rings. The number of unbranched alkanes of at least 4 members (excludes halogenated alkanes) is 3. The van der Waals surface area contributed by atoms with Crippen molar-refractivity contribution in [2.75, 3.05) is 6.61 Å². The van der Waals surface area contributed by atoms with Crippen molar-refractivity contribution < 1.29 is 24.7 Å². The summed E-state index contributed by atoms with van der Waals surface area (Å²) in [5, 5.41) is 2.83. The molecule has 2 aromatic rings. The van der Waals surface area contributed by atoms with Gasteiger partial charge in [-0.05, 0) is 21.8 Å². The van der Waals surface area contributed by atoms with Crippen molar-refractivity contribution in [3.05, 3.63) is 60.7 Å². The van der Waals surface area contributed by atoms with Crippen LogP contribution in [0.3, 0.4) is 0 Å². The van der Waals surface area contributed by atoms with Crippen LogP contribution >= 0.6 is 0 Å². The molecule has 0 atom stereocenters. The Kier molecular flexibility index (Phi) is 9.24. The van der Waals surface area contributed by atoms with Gasteiger partial charge in [-0.3, -0.25) is 0 Å². The first kappa shape index (κ1) is 22.3. The summed E-state index contributed by atoms with van der Waals surface area (Å²) < 4.78 is 6.85. The molecule has 3 heteroatoms. The van der Waals surface area contributed by atoms with E-state index < -0.39 is 8.32 Å². The predicted octanol–water partition coefficient (Wildman–Crippen LogP) is 2.26. The maximum Gasteiger partial charge on any atom is 1.00 e. The summed E-state index contributed by atoms with van der Waals surface area (Å²) in [7, 11) is -2.31. The third kappa shape index (κ3) is 5.34. The standard InChI is InChI=1S/C22H32OSi.Li.H/c1-5-6-7-14-19-23-24(22(2,3)4,20-15-10-8-11-16-20)21-17-12-9-13-18-21;;/h8-13,15-18H,5-7,14,19H2,1-4H3;;/q;+1;-1. The Morgan fingerprint density at radius 2 is 1.28 bits per heavy atom. The molecule has 0 bridgehead atoms. The molecular weight excluding hydrogens is 315 g/mol. The first-order chi connectivity index (χ1) is 11.5. The van der Waals surface area contributed by atoms with Crippen LogP contribution in [0.15, 0.2) is 60.7 Å². The topological polar surface area (TPSA) is 9.23 Å². The van der Waals surface area contributed by atoms with Crippen molar-refractivity contribution in [1.82, 2.24) is 0 Å². The van der Waals surface area contributed by atoms with Crippen LogP contribution in [0.4, 0.5) is 0 Å². The monoisotopic (exact) mass is 348 g/mol. The molecular formula is C22H33LiOSi. The van der Waals surface area contributed by atoms with Crippen molar-refractivity contribution in [2.24, 2.45) is 0 Å². The molecule has 0 aromatic heterocycles. The smallest absolute Gasteiger partial charge is 1.00 e. The van der Waals surface area contributed by atoms with Crippen LogP contribution in [0.25, 0.3) is 0 Å². The van der Waals surface area contributed by atoms with E-state index in [2.05, 4.69) is 88.4 Å². The molecule has 0 N–H and O–H groups in total. The van der Waals surface area contributed by atoms with E-state index in [1.54, 1.807) is 0 Å². The fraction of sp³-hybridized carbons (Fsp3) is 0.455. The van der Waals surface area contributed by atoms with E-state index in [4.69, 9.17) is 4.43 Å². The van der Waals surface area contributed by atoms with Crippen molar-refractivity contribution in [2.45, 2.75) is 58.4 Å². The zero-order valence-electron chi connectivity index (χ0n) is 17.7. The van der Waals surface area contributed by atoms with E-state index in [1.165, 1.54) is 29.6 Å². The average Bonchev–Trinajstić information content (AvgIpc) is 2.59. The molecule has 0 aliphatic heterocycles. The van der Waals surface area contributed by atoms with Crippen LogP contribution < -0.4 is 29.2 Å². The van der Waals surface area contributed by atoms with E-state index in [0.717, 1.165) is 13.0 Å². The van der Waals surface area contributed by atoms with Crippen molar-refractivity contribution in [3.63, 3.8) is 0 Å². The van der Waals surface area contributed by atoms with Crippen LogP contribution in [0.5, 0.6) is 0 Å². The molecule has 2 aromatic carbocycles. The van der Waals surface area contributed by atoms with Gasteiger partial charge in [0, 0.05) is 6.61 Å². The zero-order valence-corrected chi connectivity index (χ0v) is 17.7. The van der Waals surface area contributed by atoms with Crippen LogP contribution in [0, 0.1) is 0 Å². The second kappa shape index (κ2) is 10.4. The van der Waals surface area contributed by atoms with Gasteiger partial charge < -0.3 is 5.85 Å². The molecule has 0 amide bonds. The largest absolute Gasteiger partial charge is 1.00 e. The maximum absolute atomic E-state index is 6.85. The van der Waals surface area contributed by atoms with Gasteiger partial charge in [-0.25, -0.2) is 0 Å². The molecule has 1 nitrogen and oxygen atoms in total. The van der Waals surface area contributed by atoms with E-state index >= 15 is 0 Å². The van der Waals surface area contributed by atoms with Gasteiger partial charge in [0.15, 0.2) is 0 Å². The molecule has 0 saturated carbocycles. The Hall–Kier alpha value is -0.786. The van der Waals surface area contributed by atoms with Gasteiger partial charge in [0.05, 0.1) is 0 Å². The van der Waals surface area contributed by atoms with Gasteiger partial charge in [0.25, 0.3) is 8.32 Å². The van der Waals surface area contributed by atoms with Gasteiger partial charge in [0.1, 0.15) is 0 Å². The molecule has 2 rings (SSSR count). The van der Waals surface area contributed by atoms with Crippen molar-refractivity contribution in [3.8, 4) is 0 Å². The fourth-order valence-electron chi connectivity index (χ4n) is 3.52. The van der Waals surface area contributed by atoms with Gasteiger partial charge in [-0.1, -0.05) is 108 Å². The fourth-order valence-corrected chi connectivity index (χ4v) is 8.12. The maximum atomic E-state index is 6.85. The molecule has 25 heavy (non-hydrogen) atoms. The zero-order chi connectivity index (χ0) is 17.5. The summed E-state index contributed by atoms with van der Waals surface area (Å²) in [6.45, 7) is 10.1. The third-order valence-corrected chi connectivity index (χ3v) is 9.78. The molecule has 132 valence electrons. The summed E-state index contributed by atoms with van der Waals surface area (Å²) >= 11 is 0. The van der Waals surface area contributed by atoms with E-state index in [0.29, 0.717) is 0 Å². The molecule has 0 saturated heterocycles. The normalized spacial score (nSPS) is 11.8. The Morgan fingerprint density at radius 1 is 0.800 bits per heavy atom. The minimum atomic E-state index is -2.31. The average molecular weight is 349 g/mol. The third-order valence-electron chi connectivity index (χ3n) is 4.73. The minimum Gasteiger partial charge on any atom is -1.00 e. The molecule has 0 heterocycles. The van der Waals surface area contributed by atoms with Crippen molar-refractivity contribution >= 4 is 18.7 Å². The van der Waals surface area contributed by atoms with E-state index in [9.17, 15) is 0 Å². The number of hydrogen-bond donors (Lipinski definition) is 0. The molecule has 0 radical (unpaired) electrons. The quantitative estimate of drug-likeness (QED) is 0.525. The van der Waals surface area contributed by atoms with E-state index in [1.807, 2.05) is 0 Å². The van der Waals surface area contributed by atoms with Gasteiger partial charge >= 0.3 is 18.9 Å². The van der Waals surface area contributed by atoms with Gasteiger partial charge in [0.2, 0.25) is 0 Å². The van der Waals surface area contributed by atoms with Crippen molar-refractivity contribution in [1.29, 1.82) is 0 Å².